The third-order valence-corrected chi connectivity index (χ3v) is 3.41. The molecule has 1 heterocycles. The fourth-order valence-corrected chi connectivity index (χ4v) is 2.15. The molecule has 3 rings (SSSR count). The van der Waals surface area contributed by atoms with E-state index in [1.54, 1.807) is 0 Å². The summed E-state index contributed by atoms with van der Waals surface area (Å²) in [6.07, 6.45) is 2.95. The lowest BCUT2D eigenvalue weighted by molar-refractivity contribution is 0.356. The molecule has 0 saturated heterocycles. The molecule has 0 bridgehead atoms. The van der Waals surface area contributed by atoms with Crippen molar-refractivity contribution in [1.82, 2.24) is 10.1 Å². The van der Waals surface area contributed by atoms with Crippen molar-refractivity contribution in [3.8, 4) is 0 Å². The molecule has 1 aromatic heterocycles. The Hall–Kier alpha value is -1.84. The Bertz CT molecular complexity index is 526. The van der Waals surface area contributed by atoms with Crippen molar-refractivity contribution in [2.24, 2.45) is 0 Å². The van der Waals surface area contributed by atoms with Crippen LogP contribution in [0.3, 0.4) is 0 Å². The fourth-order valence-electron chi connectivity index (χ4n) is 2.15. The monoisotopic (exact) mass is 229 g/mol. The van der Waals surface area contributed by atoms with Crippen LogP contribution in [0, 0.1) is 0 Å². The molecule has 0 amide bonds. The number of nitrogens with two attached hydrogens (primary N) is 1. The number of hydrogen-bond donors (Lipinski definition) is 1. The van der Waals surface area contributed by atoms with Crippen LogP contribution in [0.25, 0.3) is 0 Å². The number of aromatic nitrogens is 2. The van der Waals surface area contributed by atoms with E-state index < -0.39 is 0 Å². The van der Waals surface area contributed by atoms with Crippen LogP contribution in [0.2, 0.25) is 0 Å². The molecule has 1 aliphatic rings. The highest BCUT2D eigenvalue weighted by molar-refractivity contribution is 5.45. The van der Waals surface area contributed by atoms with Crippen molar-refractivity contribution in [3.05, 3.63) is 41.5 Å². The largest absolute Gasteiger partial charge is 0.399 e. The third-order valence-electron chi connectivity index (χ3n) is 3.41. The Balaban J connectivity index is 1.98. The first-order valence-corrected chi connectivity index (χ1v) is 5.94. The predicted octanol–water partition coefficient (Wildman–Crippen LogP) is 2.29. The van der Waals surface area contributed by atoms with Gasteiger partial charge in [0.05, 0.1) is 5.41 Å². The molecular weight excluding hydrogens is 214 g/mol. The summed E-state index contributed by atoms with van der Waals surface area (Å²) >= 11 is 0. The number of nitrogen functional groups attached to an aromatic ring is 1. The summed E-state index contributed by atoms with van der Waals surface area (Å²) in [5, 5.41) is 3.97. The SMILES string of the molecule is CCc1noc(C2(c3ccc(N)cc3)CC2)n1. The number of rotatable bonds is 3. The molecule has 2 N–H and O–H groups in total. The van der Waals surface area contributed by atoms with Crippen molar-refractivity contribution in [2.45, 2.75) is 31.6 Å². The van der Waals surface area contributed by atoms with E-state index in [0.717, 1.165) is 36.7 Å². The quantitative estimate of drug-likeness (QED) is 0.820. The first kappa shape index (κ1) is 10.3. The van der Waals surface area contributed by atoms with Gasteiger partial charge >= 0.3 is 0 Å². The van der Waals surface area contributed by atoms with Crippen molar-refractivity contribution in [1.29, 1.82) is 0 Å². The first-order valence-electron chi connectivity index (χ1n) is 5.94. The molecule has 1 aliphatic carbocycles. The molecule has 17 heavy (non-hydrogen) atoms. The Morgan fingerprint density at radius 3 is 2.53 bits per heavy atom. The van der Waals surface area contributed by atoms with Gasteiger partial charge in [0, 0.05) is 12.1 Å². The van der Waals surface area contributed by atoms with Gasteiger partial charge in [-0.05, 0) is 30.5 Å². The number of anilines is 1. The summed E-state index contributed by atoms with van der Waals surface area (Å²) in [5.41, 5.74) is 7.66. The molecule has 4 nitrogen and oxygen atoms in total. The Morgan fingerprint density at radius 2 is 2.00 bits per heavy atom. The van der Waals surface area contributed by atoms with E-state index >= 15 is 0 Å². The standard InChI is InChI=1S/C13H15N3O/c1-2-11-15-12(17-16-11)13(7-8-13)9-3-5-10(14)6-4-9/h3-6H,2,7-8,14H2,1H3. The van der Waals surface area contributed by atoms with E-state index in [0.29, 0.717) is 0 Å². The smallest absolute Gasteiger partial charge is 0.237 e. The predicted molar refractivity (Wildman–Crippen MR) is 64.5 cm³/mol. The lowest BCUT2D eigenvalue weighted by atomic mass is 9.96. The molecule has 4 heteroatoms. The summed E-state index contributed by atoms with van der Waals surface area (Å²) < 4.78 is 5.38. The second-order valence-electron chi connectivity index (χ2n) is 4.57. The van der Waals surface area contributed by atoms with E-state index in [1.807, 2.05) is 19.1 Å². The van der Waals surface area contributed by atoms with E-state index in [4.69, 9.17) is 10.3 Å². The van der Waals surface area contributed by atoms with Crippen LogP contribution >= 0.6 is 0 Å². The van der Waals surface area contributed by atoms with E-state index in [9.17, 15) is 0 Å². The van der Waals surface area contributed by atoms with E-state index in [1.165, 1.54) is 5.56 Å². The fraction of sp³-hybridized carbons (Fsp3) is 0.385. The van der Waals surface area contributed by atoms with Gasteiger partial charge in [-0.25, -0.2) is 0 Å². The normalized spacial score (nSPS) is 17.0. The zero-order valence-corrected chi connectivity index (χ0v) is 9.81. The summed E-state index contributed by atoms with van der Waals surface area (Å²) in [7, 11) is 0. The second kappa shape index (κ2) is 3.58. The zero-order chi connectivity index (χ0) is 11.9. The van der Waals surface area contributed by atoms with Gasteiger partial charge in [0.15, 0.2) is 5.82 Å². The lowest BCUT2D eigenvalue weighted by Crippen LogP contribution is -2.09. The summed E-state index contributed by atoms with van der Waals surface area (Å²) in [5.74, 6) is 1.53. The van der Waals surface area contributed by atoms with Gasteiger partial charge in [0.2, 0.25) is 5.89 Å². The van der Waals surface area contributed by atoms with Crippen LogP contribution in [0.1, 0.15) is 37.0 Å². The van der Waals surface area contributed by atoms with Crippen LogP contribution in [0.5, 0.6) is 0 Å². The van der Waals surface area contributed by atoms with E-state index in [-0.39, 0.29) is 5.41 Å². The molecule has 2 aromatic rings. The van der Waals surface area contributed by atoms with Crippen LogP contribution in [0.15, 0.2) is 28.8 Å². The van der Waals surface area contributed by atoms with E-state index in [2.05, 4.69) is 22.3 Å². The van der Waals surface area contributed by atoms with Gasteiger partial charge in [-0.2, -0.15) is 4.98 Å². The zero-order valence-electron chi connectivity index (χ0n) is 9.81. The average molecular weight is 229 g/mol. The molecule has 1 saturated carbocycles. The maximum atomic E-state index is 5.70. The third kappa shape index (κ3) is 1.60. The average Bonchev–Trinajstić information content (AvgIpc) is 3.02. The van der Waals surface area contributed by atoms with Crippen molar-refractivity contribution in [2.75, 3.05) is 5.73 Å². The molecular formula is C13H15N3O. The Morgan fingerprint density at radius 1 is 1.29 bits per heavy atom. The molecule has 0 unspecified atom stereocenters. The number of aryl methyl sites for hydroxylation is 1. The second-order valence-corrected chi connectivity index (χ2v) is 4.57. The van der Waals surface area contributed by atoms with Gasteiger partial charge < -0.3 is 10.3 Å². The summed E-state index contributed by atoms with van der Waals surface area (Å²) in [6, 6.07) is 7.95. The maximum Gasteiger partial charge on any atom is 0.237 e. The lowest BCUT2D eigenvalue weighted by Gasteiger charge is -2.10. The highest BCUT2D eigenvalue weighted by Gasteiger charge is 2.50. The first-order chi connectivity index (χ1) is 8.24. The van der Waals surface area contributed by atoms with Gasteiger partial charge in [-0.1, -0.05) is 24.2 Å². The molecule has 1 aromatic carbocycles. The minimum absolute atomic E-state index is 0.0475. The van der Waals surface area contributed by atoms with Crippen LogP contribution in [-0.2, 0) is 11.8 Å². The Kier molecular flexibility index (Phi) is 2.18. The number of benzene rings is 1. The Labute approximate surface area is 99.8 Å². The van der Waals surface area contributed by atoms with Crippen LogP contribution in [-0.4, -0.2) is 10.1 Å². The minimum atomic E-state index is -0.0475. The minimum Gasteiger partial charge on any atom is -0.399 e. The van der Waals surface area contributed by atoms with Gasteiger partial charge in [0.25, 0.3) is 0 Å². The van der Waals surface area contributed by atoms with Crippen LogP contribution < -0.4 is 5.73 Å². The van der Waals surface area contributed by atoms with Gasteiger partial charge in [-0.15, -0.1) is 0 Å². The number of hydrogen-bond acceptors (Lipinski definition) is 4. The molecule has 0 aliphatic heterocycles. The number of nitrogens with zero attached hydrogens (tertiary/aromatic N) is 2. The highest BCUT2D eigenvalue weighted by Crippen LogP contribution is 2.52. The van der Waals surface area contributed by atoms with Crippen molar-refractivity contribution in [3.63, 3.8) is 0 Å². The van der Waals surface area contributed by atoms with Crippen LogP contribution in [0.4, 0.5) is 5.69 Å². The van der Waals surface area contributed by atoms with Crippen molar-refractivity contribution < 1.29 is 4.52 Å². The highest BCUT2D eigenvalue weighted by atomic mass is 16.5. The van der Waals surface area contributed by atoms with Gasteiger partial charge in [0.1, 0.15) is 0 Å². The molecule has 1 fully saturated rings. The maximum absolute atomic E-state index is 5.70. The molecule has 0 spiro atoms. The molecule has 88 valence electrons. The van der Waals surface area contributed by atoms with Crippen molar-refractivity contribution >= 4 is 5.69 Å². The summed E-state index contributed by atoms with van der Waals surface area (Å²) in [6.45, 7) is 2.03. The topological polar surface area (TPSA) is 64.9 Å². The molecule has 0 radical (unpaired) electrons. The summed E-state index contributed by atoms with van der Waals surface area (Å²) in [4.78, 5) is 4.45. The molecule has 0 atom stereocenters. The van der Waals surface area contributed by atoms with Gasteiger partial charge in [-0.3, -0.25) is 0 Å².